The Balaban J connectivity index is 1.80. The fraction of sp³-hybridized carbons (Fsp3) is 0.571. The third kappa shape index (κ3) is 3.46. The van der Waals surface area contributed by atoms with Crippen LogP contribution in [0.15, 0.2) is 28.7 Å². The zero-order chi connectivity index (χ0) is 12.3. The lowest BCUT2D eigenvalue weighted by Crippen LogP contribution is -2.40. The summed E-state index contributed by atoms with van der Waals surface area (Å²) in [5.74, 6) is 0. The molecule has 1 aromatic rings. The van der Waals surface area contributed by atoms with Gasteiger partial charge in [0.1, 0.15) is 0 Å². The van der Waals surface area contributed by atoms with Gasteiger partial charge in [0.2, 0.25) is 0 Å². The first-order valence-corrected chi connectivity index (χ1v) is 7.12. The van der Waals surface area contributed by atoms with E-state index in [-0.39, 0.29) is 0 Å². The Bertz CT molecular complexity index is 376. The molecule has 2 rings (SSSR count). The van der Waals surface area contributed by atoms with Crippen LogP contribution >= 0.6 is 15.9 Å². The minimum atomic E-state index is 0.388. The molecule has 94 valence electrons. The highest BCUT2D eigenvalue weighted by Gasteiger charge is 2.30. The van der Waals surface area contributed by atoms with Gasteiger partial charge in [-0.2, -0.15) is 0 Å². The summed E-state index contributed by atoms with van der Waals surface area (Å²) >= 11 is 3.49. The van der Waals surface area contributed by atoms with E-state index in [1.807, 2.05) is 0 Å². The second kappa shape index (κ2) is 5.40. The highest BCUT2D eigenvalue weighted by atomic mass is 79.9. The quantitative estimate of drug-likeness (QED) is 0.911. The Hall–Kier alpha value is -0.540. The molecule has 1 heterocycles. The number of halogens is 1. The van der Waals surface area contributed by atoms with E-state index in [0.29, 0.717) is 5.54 Å². The number of nitrogens with one attached hydrogen (secondary N) is 1. The van der Waals surface area contributed by atoms with Crippen molar-refractivity contribution < 1.29 is 0 Å². The average Bonchev–Trinajstić information content (AvgIpc) is 2.58. The molecule has 0 bridgehead atoms. The van der Waals surface area contributed by atoms with E-state index < -0.39 is 0 Å². The van der Waals surface area contributed by atoms with E-state index in [1.165, 1.54) is 25.1 Å². The highest BCUT2D eigenvalue weighted by molar-refractivity contribution is 9.10. The fourth-order valence-corrected chi connectivity index (χ4v) is 2.91. The van der Waals surface area contributed by atoms with E-state index >= 15 is 0 Å². The predicted molar refractivity (Wildman–Crippen MR) is 77.5 cm³/mol. The van der Waals surface area contributed by atoms with Crippen LogP contribution in [-0.2, 0) is 0 Å². The zero-order valence-electron chi connectivity index (χ0n) is 10.7. The maximum absolute atomic E-state index is 3.49. The van der Waals surface area contributed by atoms with E-state index in [2.05, 4.69) is 64.3 Å². The minimum Gasteiger partial charge on any atom is -0.384 e. The van der Waals surface area contributed by atoms with Gasteiger partial charge < -0.3 is 5.32 Å². The van der Waals surface area contributed by atoms with Gasteiger partial charge in [0.25, 0.3) is 0 Å². The maximum Gasteiger partial charge on any atom is 0.0351 e. The topological polar surface area (TPSA) is 15.3 Å². The maximum atomic E-state index is 3.49. The molecule has 0 atom stereocenters. The van der Waals surface area contributed by atoms with Crippen LogP contribution < -0.4 is 5.32 Å². The molecular formula is C14H21BrN2. The Morgan fingerprint density at radius 3 is 2.88 bits per heavy atom. The SMILES string of the molecule is CC1(C)CCCN1CCNc1cccc(Br)c1. The van der Waals surface area contributed by atoms with Gasteiger partial charge in [-0.3, -0.25) is 4.90 Å². The van der Waals surface area contributed by atoms with Gasteiger partial charge in [0, 0.05) is 28.8 Å². The van der Waals surface area contributed by atoms with E-state index in [1.54, 1.807) is 0 Å². The zero-order valence-corrected chi connectivity index (χ0v) is 12.3. The van der Waals surface area contributed by atoms with Gasteiger partial charge in [-0.1, -0.05) is 22.0 Å². The van der Waals surface area contributed by atoms with Crippen LogP contribution in [0.1, 0.15) is 26.7 Å². The summed E-state index contributed by atoms with van der Waals surface area (Å²) in [6.07, 6.45) is 2.66. The van der Waals surface area contributed by atoms with Crippen LogP contribution in [0.2, 0.25) is 0 Å². The second-order valence-electron chi connectivity index (χ2n) is 5.34. The minimum absolute atomic E-state index is 0.388. The Labute approximate surface area is 113 Å². The lowest BCUT2D eigenvalue weighted by atomic mass is 10.0. The summed E-state index contributed by atoms with van der Waals surface area (Å²) in [6, 6.07) is 8.34. The molecular weight excluding hydrogens is 276 g/mol. The lowest BCUT2D eigenvalue weighted by Gasteiger charge is -2.31. The summed E-state index contributed by atoms with van der Waals surface area (Å²) in [7, 11) is 0. The van der Waals surface area contributed by atoms with Gasteiger partial charge in [0.15, 0.2) is 0 Å². The first kappa shape index (κ1) is 12.9. The molecule has 1 fully saturated rings. The monoisotopic (exact) mass is 296 g/mol. The number of nitrogens with zero attached hydrogens (tertiary/aromatic N) is 1. The summed E-state index contributed by atoms with van der Waals surface area (Å²) in [5.41, 5.74) is 1.58. The van der Waals surface area contributed by atoms with Gasteiger partial charge in [-0.25, -0.2) is 0 Å². The van der Waals surface area contributed by atoms with Crippen molar-refractivity contribution in [2.45, 2.75) is 32.2 Å². The second-order valence-corrected chi connectivity index (χ2v) is 6.26. The van der Waals surface area contributed by atoms with Crippen molar-refractivity contribution in [2.24, 2.45) is 0 Å². The van der Waals surface area contributed by atoms with Crippen molar-refractivity contribution in [1.29, 1.82) is 0 Å². The number of benzene rings is 1. The molecule has 0 saturated carbocycles. The lowest BCUT2D eigenvalue weighted by molar-refractivity contribution is 0.182. The van der Waals surface area contributed by atoms with E-state index in [4.69, 9.17) is 0 Å². The van der Waals surface area contributed by atoms with Gasteiger partial charge in [-0.05, 0) is 51.4 Å². The summed E-state index contributed by atoms with van der Waals surface area (Å²) < 4.78 is 1.13. The molecule has 0 spiro atoms. The van der Waals surface area contributed by atoms with E-state index in [0.717, 1.165) is 17.6 Å². The van der Waals surface area contributed by atoms with Crippen LogP contribution in [-0.4, -0.2) is 30.1 Å². The van der Waals surface area contributed by atoms with Crippen molar-refractivity contribution in [2.75, 3.05) is 25.0 Å². The molecule has 0 aromatic heterocycles. The van der Waals surface area contributed by atoms with Crippen molar-refractivity contribution in [3.8, 4) is 0 Å². The molecule has 1 N–H and O–H groups in total. The first-order valence-electron chi connectivity index (χ1n) is 6.32. The average molecular weight is 297 g/mol. The molecule has 0 radical (unpaired) electrons. The number of rotatable bonds is 4. The van der Waals surface area contributed by atoms with Gasteiger partial charge >= 0.3 is 0 Å². The molecule has 17 heavy (non-hydrogen) atoms. The fourth-order valence-electron chi connectivity index (χ4n) is 2.51. The third-order valence-corrected chi connectivity index (χ3v) is 4.10. The number of anilines is 1. The molecule has 0 unspecified atom stereocenters. The molecule has 0 amide bonds. The van der Waals surface area contributed by atoms with Gasteiger partial charge in [0.05, 0.1) is 0 Å². The molecule has 1 saturated heterocycles. The molecule has 1 aliphatic heterocycles. The normalized spacial score (nSPS) is 19.5. The first-order chi connectivity index (χ1) is 8.08. The van der Waals surface area contributed by atoms with Gasteiger partial charge in [-0.15, -0.1) is 0 Å². The molecule has 1 aromatic carbocycles. The van der Waals surface area contributed by atoms with Crippen molar-refractivity contribution in [1.82, 2.24) is 4.90 Å². The largest absolute Gasteiger partial charge is 0.384 e. The predicted octanol–water partition coefficient (Wildman–Crippen LogP) is 3.74. The van der Waals surface area contributed by atoms with Crippen LogP contribution in [0.5, 0.6) is 0 Å². The third-order valence-electron chi connectivity index (χ3n) is 3.61. The molecule has 0 aliphatic carbocycles. The van der Waals surface area contributed by atoms with Crippen molar-refractivity contribution in [3.63, 3.8) is 0 Å². The Morgan fingerprint density at radius 1 is 1.41 bits per heavy atom. The Morgan fingerprint density at radius 2 is 2.24 bits per heavy atom. The molecule has 2 nitrogen and oxygen atoms in total. The number of hydrogen-bond donors (Lipinski definition) is 1. The van der Waals surface area contributed by atoms with E-state index in [9.17, 15) is 0 Å². The van der Waals surface area contributed by atoms with Crippen molar-refractivity contribution in [3.05, 3.63) is 28.7 Å². The van der Waals surface area contributed by atoms with Crippen LogP contribution in [0, 0.1) is 0 Å². The summed E-state index contributed by atoms with van der Waals surface area (Å²) in [6.45, 7) is 8.07. The molecule has 1 aliphatic rings. The van der Waals surface area contributed by atoms with Crippen LogP contribution in [0.4, 0.5) is 5.69 Å². The highest BCUT2D eigenvalue weighted by Crippen LogP contribution is 2.27. The van der Waals surface area contributed by atoms with Crippen molar-refractivity contribution >= 4 is 21.6 Å². The summed E-state index contributed by atoms with van der Waals surface area (Å²) in [5, 5.41) is 3.48. The standard InChI is InChI=1S/C14H21BrN2/c1-14(2)7-4-9-17(14)10-8-16-13-6-3-5-12(15)11-13/h3,5-6,11,16H,4,7-10H2,1-2H3. The van der Waals surface area contributed by atoms with Crippen LogP contribution in [0.3, 0.4) is 0 Å². The smallest absolute Gasteiger partial charge is 0.0351 e. The number of likely N-dealkylation sites (tertiary alicyclic amines) is 1. The molecule has 3 heteroatoms. The number of hydrogen-bond acceptors (Lipinski definition) is 2. The Kier molecular flexibility index (Phi) is 4.10. The summed E-state index contributed by atoms with van der Waals surface area (Å²) in [4.78, 5) is 2.58. The van der Waals surface area contributed by atoms with Crippen LogP contribution in [0.25, 0.3) is 0 Å².